The number of hydrogen-bond donors (Lipinski definition) is 1. The number of benzene rings is 2. The number of imidazole rings is 1. The van der Waals surface area contributed by atoms with E-state index in [0.717, 1.165) is 33.5 Å². The van der Waals surface area contributed by atoms with Crippen LogP contribution in [-0.2, 0) is 6.54 Å². The van der Waals surface area contributed by atoms with Gasteiger partial charge in [-0.1, -0.05) is 12.1 Å². The lowest BCUT2D eigenvalue weighted by Crippen LogP contribution is -2.17. The summed E-state index contributed by atoms with van der Waals surface area (Å²) in [6.45, 7) is 4.80. The van der Waals surface area contributed by atoms with Crippen LogP contribution in [0.3, 0.4) is 0 Å². The van der Waals surface area contributed by atoms with Crippen molar-refractivity contribution in [2.24, 2.45) is 0 Å². The van der Waals surface area contributed by atoms with E-state index in [-0.39, 0.29) is 5.69 Å². The van der Waals surface area contributed by atoms with Crippen molar-refractivity contribution >= 4 is 11.0 Å². The van der Waals surface area contributed by atoms with E-state index in [0.29, 0.717) is 24.7 Å². The molecule has 0 fully saturated rings. The highest BCUT2D eigenvalue weighted by Crippen LogP contribution is 2.29. The van der Waals surface area contributed by atoms with Crippen LogP contribution >= 0.6 is 0 Å². The Morgan fingerprint density at radius 3 is 2.66 bits per heavy atom. The number of hydrogen-bond acceptors (Lipinski definition) is 5. The number of nitrogens with zero attached hydrogens (tertiary/aromatic N) is 3. The van der Waals surface area contributed by atoms with E-state index in [1.54, 1.807) is 24.1 Å². The van der Waals surface area contributed by atoms with Gasteiger partial charge in [-0.15, -0.1) is 0 Å². The lowest BCUT2D eigenvalue weighted by molar-refractivity contribution is 0.310. The molecule has 0 bridgehead atoms. The molecule has 0 aliphatic heterocycles. The Morgan fingerprint density at radius 2 is 1.90 bits per heavy atom. The molecule has 148 valence electrons. The molecular weight excluding hydrogens is 368 g/mol. The zero-order valence-corrected chi connectivity index (χ0v) is 16.6. The second kappa shape index (κ2) is 7.79. The maximum Gasteiger partial charge on any atom is 0.326 e. The molecule has 0 saturated carbocycles. The van der Waals surface area contributed by atoms with Gasteiger partial charge in [-0.3, -0.25) is 14.5 Å². The van der Waals surface area contributed by atoms with Crippen molar-refractivity contribution in [2.75, 3.05) is 13.7 Å². The molecule has 0 radical (unpaired) electrons. The Labute approximate surface area is 168 Å². The molecule has 0 aliphatic rings. The van der Waals surface area contributed by atoms with Gasteiger partial charge in [0.05, 0.1) is 42.7 Å². The van der Waals surface area contributed by atoms with Gasteiger partial charge in [0.2, 0.25) is 0 Å². The van der Waals surface area contributed by atoms with Gasteiger partial charge >= 0.3 is 5.69 Å². The molecule has 0 unspecified atom stereocenters. The highest BCUT2D eigenvalue weighted by molar-refractivity contribution is 5.81. The van der Waals surface area contributed by atoms with Crippen LogP contribution in [-0.4, -0.2) is 33.2 Å². The largest absolute Gasteiger partial charge is 0.493 e. The number of H-pyrrole nitrogens is 1. The fourth-order valence-electron chi connectivity index (χ4n) is 3.43. The third-order valence-electron chi connectivity index (χ3n) is 4.80. The van der Waals surface area contributed by atoms with Gasteiger partial charge in [0.1, 0.15) is 0 Å². The van der Waals surface area contributed by atoms with Gasteiger partial charge in [-0.05, 0) is 43.7 Å². The van der Waals surface area contributed by atoms with Gasteiger partial charge in [-0.25, -0.2) is 4.79 Å². The van der Waals surface area contributed by atoms with Crippen LogP contribution in [0.15, 0.2) is 53.6 Å². The quantitative estimate of drug-likeness (QED) is 0.544. The fraction of sp³-hybridized carbons (Fsp3) is 0.227. The predicted octanol–water partition coefficient (Wildman–Crippen LogP) is 3.55. The minimum absolute atomic E-state index is 0.165. The molecule has 2 aromatic heterocycles. The summed E-state index contributed by atoms with van der Waals surface area (Å²) in [5, 5.41) is 0. The van der Waals surface area contributed by atoms with Gasteiger partial charge in [0.25, 0.3) is 0 Å². The third-order valence-corrected chi connectivity index (χ3v) is 4.80. The normalized spacial score (nSPS) is 11.0. The van der Waals surface area contributed by atoms with Crippen molar-refractivity contribution < 1.29 is 9.47 Å². The van der Waals surface area contributed by atoms with Crippen molar-refractivity contribution in [3.63, 3.8) is 0 Å². The summed E-state index contributed by atoms with van der Waals surface area (Å²) in [7, 11) is 1.61. The maximum absolute atomic E-state index is 12.6. The molecule has 0 aliphatic carbocycles. The van der Waals surface area contributed by atoms with Crippen molar-refractivity contribution in [1.29, 1.82) is 0 Å². The van der Waals surface area contributed by atoms with Gasteiger partial charge in [0.15, 0.2) is 11.5 Å². The molecule has 4 aromatic rings. The molecular formula is C22H22N4O3. The number of aromatic nitrogens is 4. The van der Waals surface area contributed by atoms with Crippen LogP contribution in [0.4, 0.5) is 0 Å². The van der Waals surface area contributed by atoms with Crippen LogP contribution in [0.2, 0.25) is 0 Å². The van der Waals surface area contributed by atoms with Crippen molar-refractivity contribution in [3.05, 3.63) is 70.5 Å². The summed E-state index contributed by atoms with van der Waals surface area (Å²) >= 11 is 0. The van der Waals surface area contributed by atoms with E-state index in [1.807, 2.05) is 50.2 Å². The van der Waals surface area contributed by atoms with Crippen LogP contribution < -0.4 is 15.2 Å². The zero-order valence-electron chi connectivity index (χ0n) is 16.6. The standard InChI is InChI=1S/C22H22N4O3/c1-4-29-20-11-15(5-8-19(20)28-3)13-26-18-7-6-16(12-17(18)25-22(26)27)21-14(2)23-9-10-24-21/h5-12H,4,13H2,1-3H3,(H,25,27). The molecule has 2 aromatic carbocycles. The van der Waals surface area contributed by atoms with Crippen LogP contribution in [0.1, 0.15) is 18.2 Å². The number of fused-ring (bicyclic) bond motifs is 1. The minimum atomic E-state index is -0.165. The first-order chi connectivity index (χ1) is 14.1. The Balaban J connectivity index is 1.72. The summed E-state index contributed by atoms with van der Waals surface area (Å²) in [6.07, 6.45) is 3.33. The number of rotatable bonds is 6. The van der Waals surface area contributed by atoms with Gasteiger partial charge in [0, 0.05) is 18.0 Å². The Morgan fingerprint density at radius 1 is 1.07 bits per heavy atom. The lowest BCUT2D eigenvalue weighted by Gasteiger charge is -2.11. The summed E-state index contributed by atoms with van der Waals surface area (Å²) in [6, 6.07) is 11.5. The smallest absolute Gasteiger partial charge is 0.326 e. The maximum atomic E-state index is 12.6. The highest BCUT2D eigenvalue weighted by Gasteiger charge is 2.12. The molecule has 29 heavy (non-hydrogen) atoms. The van der Waals surface area contributed by atoms with Crippen molar-refractivity contribution in [1.82, 2.24) is 19.5 Å². The average molecular weight is 390 g/mol. The number of methoxy groups -OCH3 is 1. The Bertz CT molecular complexity index is 1230. The van der Waals surface area contributed by atoms with E-state index in [4.69, 9.17) is 9.47 Å². The van der Waals surface area contributed by atoms with Gasteiger partial charge in [-0.2, -0.15) is 0 Å². The summed E-state index contributed by atoms with van der Waals surface area (Å²) < 4.78 is 12.7. The predicted molar refractivity (Wildman–Crippen MR) is 112 cm³/mol. The van der Waals surface area contributed by atoms with Crippen molar-refractivity contribution in [3.8, 4) is 22.8 Å². The molecule has 1 N–H and O–H groups in total. The van der Waals surface area contributed by atoms with E-state index >= 15 is 0 Å². The van der Waals surface area contributed by atoms with E-state index < -0.39 is 0 Å². The first kappa shape index (κ1) is 18.7. The number of aryl methyl sites for hydroxylation is 1. The molecule has 0 spiro atoms. The monoisotopic (exact) mass is 390 g/mol. The molecule has 4 rings (SSSR count). The van der Waals surface area contributed by atoms with Crippen LogP contribution in [0, 0.1) is 6.92 Å². The number of ether oxygens (including phenoxy) is 2. The molecule has 0 atom stereocenters. The second-order valence-electron chi connectivity index (χ2n) is 6.66. The second-order valence-corrected chi connectivity index (χ2v) is 6.66. The Kier molecular flexibility index (Phi) is 5.03. The van der Waals surface area contributed by atoms with Gasteiger partial charge < -0.3 is 14.5 Å². The average Bonchev–Trinajstić information content (AvgIpc) is 3.03. The number of aromatic amines is 1. The minimum Gasteiger partial charge on any atom is -0.493 e. The third kappa shape index (κ3) is 3.59. The molecule has 7 heteroatoms. The van der Waals surface area contributed by atoms with E-state index in [1.165, 1.54) is 0 Å². The zero-order chi connectivity index (χ0) is 20.4. The van der Waals surface area contributed by atoms with E-state index in [9.17, 15) is 4.79 Å². The Hall–Kier alpha value is -3.61. The fourth-order valence-corrected chi connectivity index (χ4v) is 3.43. The first-order valence-electron chi connectivity index (χ1n) is 9.41. The molecule has 2 heterocycles. The van der Waals surface area contributed by atoms with E-state index in [2.05, 4.69) is 15.0 Å². The first-order valence-corrected chi connectivity index (χ1v) is 9.41. The molecule has 0 amide bonds. The lowest BCUT2D eigenvalue weighted by atomic mass is 10.1. The van der Waals surface area contributed by atoms with Crippen LogP contribution in [0.5, 0.6) is 11.5 Å². The van der Waals surface area contributed by atoms with Crippen LogP contribution in [0.25, 0.3) is 22.3 Å². The molecule has 7 nitrogen and oxygen atoms in total. The van der Waals surface area contributed by atoms with Crippen molar-refractivity contribution in [2.45, 2.75) is 20.4 Å². The highest BCUT2D eigenvalue weighted by atomic mass is 16.5. The molecule has 0 saturated heterocycles. The SMILES string of the molecule is CCOc1cc(Cn2c(=O)[nH]c3cc(-c4nccnc4C)ccc32)ccc1OC. The summed E-state index contributed by atoms with van der Waals surface area (Å²) in [5.41, 5.74) is 4.94. The topological polar surface area (TPSA) is 82.0 Å². The summed E-state index contributed by atoms with van der Waals surface area (Å²) in [4.78, 5) is 24.3. The number of nitrogens with one attached hydrogen (secondary N) is 1. The summed E-state index contributed by atoms with van der Waals surface area (Å²) in [5.74, 6) is 1.34.